The highest BCUT2D eigenvalue weighted by molar-refractivity contribution is 6.04. The van der Waals surface area contributed by atoms with Crippen LogP contribution in [-0.2, 0) is 6.54 Å². The molecule has 1 amide bonds. The van der Waals surface area contributed by atoms with Crippen LogP contribution in [0.1, 0.15) is 27.0 Å². The van der Waals surface area contributed by atoms with Crippen molar-refractivity contribution >= 4 is 22.6 Å². The maximum atomic E-state index is 13.3. The van der Waals surface area contributed by atoms with Crippen molar-refractivity contribution in [2.24, 2.45) is 0 Å². The number of likely N-dealkylation sites (N-methyl/N-ethyl adjacent to an activating group) is 1. The predicted molar refractivity (Wildman–Crippen MR) is 160 cm³/mol. The molecule has 3 aromatic heterocycles. The highest BCUT2D eigenvalue weighted by Crippen LogP contribution is 2.31. The van der Waals surface area contributed by atoms with E-state index in [4.69, 9.17) is 4.74 Å². The number of H-pyrrole nitrogens is 1. The number of benzene rings is 2. The van der Waals surface area contributed by atoms with Gasteiger partial charge < -0.3 is 19.9 Å². The predicted octanol–water partition coefficient (Wildman–Crippen LogP) is 5.43. The van der Waals surface area contributed by atoms with Gasteiger partial charge in [-0.3, -0.25) is 14.7 Å². The van der Waals surface area contributed by atoms with Crippen LogP contribution < -0.4 is 10.1 Å². The number of hydrogen-bond donors (Lipinski definition) is 2. The zero-order chi connectivity index (χ0) is 28.3. The highest BCUT2D eigenvalue weighted by Gasteiger charge is 2.17. The molecule has 0 unspecified atom stereocenters. The van der Waals surface area contributed by atoms with Gasteiger partial charge in [0, 0.05) is 68.1 Å². The number of anilines is 1. The first-order chi connectivity index (χ1) is 19.9. The topological polar surface area (TPSA) is 99.3 Å². The van der Waals surface area contributed by atoms with Crippen molar-refractivity contribution in [2.45, 2.75) is 20.4 Å². The number of pyridine rings is 1. The second-order valence-electron chi connectivity index (χ2n) is 10.6. The number of hydrogen-bond acceptors (Lipinski definition) is 7. The molecule has 1 aliphatic heterocycles. The number of aromatic amines is 1. The van der Waals surface area contributed by atoms with E-state index in [1.54, 1.807) is 30.7 Å². The molecule has 41 heavy (non-hydrogen) atoms. The smallest absolute Gasteiger partial charge is 0.255 e. The number of piperazine rings is 1. The lowest BCUT2D eigenvalue weighted by molar-refractivity contribution is 0.102. The van der Waals surface area contributed by atoms with Crippen LogP contribution >= 0.6 is 0 Å². The minimum atomic E-state index is -0.204. The third-order valence-corrected chi connectivity index (χ3v) is 7.54. The van der Waals surface area contributed by atoms with Crippen molar-refractivity contribution in [3.05, 3.63) is 95.4 Å². The summed E-state index contributed by atoms with van der Waals surface area (Å²) in [6.07, 6.45) is 5.22. The third kappa shape index (κ3) is 5.96. The van der Waals surface area contributed by atoms with E-state index in [-0.39, 0.29) is 5.91 Å². The van der Waals surface area contributed by atoms with Crippen molar-refractivity contribution in [3.8, 4) is 23.0 Å². The Hall–Kier alpha value is -4.60. The summed E-state index contributed by atoms with van der Waals surface area (Å²) in [4.78, 5) is 34.8. The molecule has 208 valence electrons. The maximum Gasteiger partial charge on any atom is 0.255 e. The second-order valence-corrected chi connectivity index (χ2v) is 10.6. The van der Waals surface area contributed by atoms with Crippen LogP contribution in [0.15, 0.2) is 73.2 Å². The summed E-state index contributed by atoms with van der Waals surface area (Å²) in [5.41, 5.74) is 6.78. The number of amides is 1. The van der Waals surface area contributed by atoms with E-state index in [1.165, 1.54) is 5.56 Å². The molecular formula is C32H33N7O2. The Labute approximate surface area is 239 Å². The summed E-state index contributed by atoms with van der Waals surface area (Å²) < 4.78 is 6.31. The summed E-state index contributed by atoms with van der Waals surface area (Å²) in [6.45, 7) is 9.29. The van der Waals surface area contributed by atoms with Gasteiger partial charge >= 0.3 is 0 Å². The van der Waals surface area contributed by atoms with Crippen molar-refractivity contribution in [3.63, 3.8) is 0 Å². The molecule has 0 bridgehead atoms. The van der Waals surface area contributed by atoms with Crippen molar-refractivity contribution in [2.75, 3.05) is 38.5 Å². The highest BCUT2D eigenvalue weighted by atomic mass is 16.5. The maximum absolute atomic E-state index is 13.3. The zero-order valence-electron chi connectivity index (χ0n) is 23.5. The molecule has 5 aromatic rings. The van der Waals surface area contributed by atoms with Gasteiger partial charge in [0.25, 0.3) is 5.91 Å². The van der Waals surface area contributed by atoms with Crippen LogP contribution in [0.2, 0.25) is 0 Å². The van der Waals surface area contributed by atoms with Crippen LogP contribution in [0.25, 0.3) is 22.4 Å². The van der Waals surface area contributed by atoms with E-state index in [2.05, 4.69) is 55.1 Å². The third-order valence-electron chi connectivity index (χ3n) is 7.54. The fourth-order valence-electron chi connectivity index (χ4n) is 4.97. The molecule has 4 heterocycles. The number of carbonyl (C=O) groups is 1. The van der Waals surface area contributed by atoms with Gasteiger partial charge in [-0.15, -0.1) is 0 Å². The number of fused-ring (bicyclic) bond motifs is 1. The fraction of sp³-hybridized carbons (Fsp3) is 0.250. The van der Waals surface area contributed by atoms with Crippen molar-refractivity contribution in [1.29, 1.82) is 0 Å². The summed E-state index contributed by atoms with van der Waals surface area (Å²) >= 11 is 0. The zero-order valence-corrected chi connectivity index (χ0v) is 23.5. The molecule has 0 spiro atoms. The average Bonchev–Trinajstić information content (AvgIpc) is 3.46. The monoisotopic (exact) mass is 547 g/mol. The van der Waals surface area contributed by atoms with E-state index in [9.17, 15) is 4.79 Å². The van der Waals surface area contributed by atoms with Gasteiger partial charge in [-0.05, 0) is 80.1 Å². The number of ether oxygens (including phenoxy) is 1. The number of nitrogens with zero attached hydrogens (tertiary/aromatic N) is 5. The lowest BCUT2D eigenvalue weighted by atomic mass is 10.1. The molecule has 9 heteroatoms. The fourth-order valence-corrected chi connectivity index (χ4v) is 4.97. The lowest BCUT2D eigenvalue weighted by Crippen LogP contribution is -2.43. The summed E-state index contributed by atoms with van der Waals surface area (Å²) in [5.74, 6) is 1.23. The molecule has 0 saturated carbocycles. The van der Waals surface area contributed by atoms with E-state index in [1.807, 2.05) is 43.3 Å². The van der Waals surface area contributed by atoms with Crippen LogP contribution in [0.5, 0.6) is 11.6 Å². The number of aryl methyl sites for hydroxylation is 2. The molecule has 0 atom stereocenters. The molecule has 1 saturated heterocycles. The molecule has 2 aromatic carbocycles. The van der Waals surface area contributed by atoms with E-state index in [0.717, 1.165) is 60.6 Å². The van der Waals surface area contributed by atoms with Crippen molar-refractivity contribution in [1.82, 2.24) is 29.7 Å². The quantitative estimate of drug-likeness (QED) is 0.280. The summed E-state index contributed by atoms with van der Waals surface area (Å²) in [6, 6.07) is 17.2. The Bertz CT molecular complexity index is 1690. The molecule has 1 fully saturated rings. The number of nitrogens with one attached hydrogen (secondary N) is 2. The second kappa shape index (κ2) is 11.5. The molecule has 1 aliphatic rings. The normalized spacial score (nSPS) is 14.3. The minimum Gasteiger partial charge on any atom is -0.437 e. The Kier molecular flexibility index (Phi) is 7.45. The first-order valence-electron chi connectivity index (χ1n) is 13.8. The van der Waals surface area contributed by atoms with E-state index < -0.39 is 0 Å². The lowest BCUT2D eigenvalue weighted by Gasteiger charge is -2.32. The van der Waals surface area contributed by atoms with Crippen LogP contribution in [0, 0.1) is 13.8 Å². The Morgan fingerprint density at radius 2 is 1.85 bits per heavy atom. The minimum absolute atomic E-state index is 0.204. The van der Waals surface area contributed by atoms with E-state index >= 15 is 0 Å². The van der Waals surface area contributed by atoms with E-state index in [0.29, 0.717) is 28.5 Å². The van der Waals surface area contributed by atoms with Gasteiger partial charge in [-0.1, -0.05) is 12.1 Å². The van der Waals surface area contributed by atoms with Gasteiger partial charge in [-0.2, -0.15) is 4.98 Å². The molecule has 6 rings (SSSR count). The molecule has 0 aliphatic carbocycles. The van der Waals surface area contributed by atoms with Crippen LogP contribution in [0.4, 0.5) is 5.69 Å². The van der Waals surface area contributed by atoms with Crippen LogP contribution in [0.3, 0.4) is 0 Å². The van der Waals surface area contributed by atoms with Gasteiger partial charge in [-0.25, -0.2) is 4.98 Å². The number of aromatic nitrogens is 4. The average molecular weight is 548 g/mol. The molecule has 2 N–H and O–H groups in total. The first-order valence-corrected chi connectivity index (χ1v) is 13.8. The SMILES string of the molecule is Cc1cc(NC(=O)c2ccc(C)c(Oc3nc(-c4cccnc4)nc4cc[nH]c34)c2)ccc1CN1CCN(C)CC1. The van der Waals surface area contributed by atoms with Crippen LogP contribution in [-0.4, -0.2) is 68.9 Å². The Balaban J connectivity index is 1.20. The summed E-state index contributed by atoms with van der Waals surface area (Å²) in [7, 11) is 2.17. The standard InChI is InChI=1S/C32H33N7O2/c1-21-6-7-23(31(40)35-26-9-8-25(22(2)17-26)20-39-15-13-38(3)14-16-39)18-28(21)41-32-29-27(10-12-34-29)36-30(37-32)24-5-4-11-33-19-24/h4-12,17-19,34H,13-16,20H2,1-3H3,(H,35,40). The Morgan fingerprint density at radius 1 is 1.00 bits per heavy atom. The molecular weight excluding hydrogens is 514 g/mol. The number of carbonyl (C=O) groups excluding carboxylic acids is 1. The summed E-state index contributed by atoms with van der Waals surface area (Å²) in [5, 5.41) is 3.05. The van der Waals surface area contributed by atoms with Crippen molar-refractivity contribution < 1.29 is 9.53 Å². The molecule has 9 nitrogen and oxygen atoms in total. The number of rotatable bonds is 7. The van der Waals surface area contributed by atoms with Gasteiger partial charge in [0.15, 0.2) is 5.82 Å². The van der Waals surface area contributed by atoms with Gasteiger partial charge in [0.05, 0.1) is 5.52 Å². The van der Waals surface area contributed by atoms with Gasteiger partial charge in [0.1, 0.15) is 11.3 Å². The van der Waals surface area contributed by atoms with Gasteiger partial charge in [0.2, 0.25) is 5.88 Å². The molecule has 0 radical (unpaired) electrons. The Morgan fingerprint density at radius 3 is 2.63 bits per heavy atom. The largest absolute Gasteiger partial charge is 0.437 e. The first kappa shape index (κ1) is 26.6.